The standard InChI is InChI=1S/C20H25ClN8OS.2H2S/c1-11-15(31-13-3-6-24-17(23)14(13)21)18-27-25-10-29(18)19(26-11)28-7-4-20(5-8-28)9-30-12(2)16(20)22;;/h3,6,10,12,16H,4-5,7-9,22H2,1-2H3,(H2,23,24);2*1H2/t12-,16+;;/m0../s1. The predicted molar refractivity (Wildman–Crippen MR) is 141 cm³/mol. The minimum Gasteiger partial charge on any atom is -0.382 e. The highest BCUT2D eigenvalue weighted by molar-refractivity contribution is 7.99. The van der Waals surface area contributed by atoms with Crippen LogP contribution in [0.2, 0.25) is 5.02 Å². The summed E-state index contributed by atoms with van der Waals surface area (Å²) in [5, 5.41) is 8.96. The highest BCUT2D eigenvalue weighted by atomic mass is 35.5. The topological polar surface area (TPSA) is 120 Å². The number of aromatic nitrogens is 5. The third-order valence-corrected chi connectivity index (χ3v) is 8.30. The minimum atomic E-state index is 0. The molecular formula is C20H29ClN8OS3. The Morgan fingerprint density at radius 2 is 2.00 bits per heavy atom. The average molecular weight is 529 g/mol. The fraction of sp³-hybridized carbons (Fsp3) is 0.500. The first kappa shape index (κ1) is 26.2. The van der Waals surface area contributed by atoms with Crippen molar-refractivity contribution in [3.05, 3.63) is 29.3 Å². The van der Waals surface area contributed by atoms with Crippen LogP contribution in [0.5, 0.6) is 0 Å². The number of nitrogens with two attached hydrogens (primary N) is 2. The third kappa shape index (κ3) is 4.48. The summed E-state index contributed by atoms with van der Waals surface area (Å²) in [5.41, 5.74) is 14.0. The van der Waals surface area contributed by atoms with Crippen molar-refractivity contribution in [1.82, 2.24) is 24.6 Å². The second-order valence-corrected chi connectivity index (χ2v) is 9.78. The Kier molecular flexibility index (Phi) is 7.97. The number of hydrogen-bond acceptors (Lipinski definition) is 9. The van der Waals surface area contributed by atoms with E-state index in [-0.39, 0.29) is 44.6 Å². The van der Waals surface area contributed by atoms with Crippen molar-refractivity contribution >= 4 is 67.8 Å². The van der Waals surface area contributed by atoms with Gasteiger partial charge in [0.15, 0.2) is 5.65 Å². The van der Waals surface area contributed by atoms with Gasteiger partial charge in [-0.25, -0.2) is 14.4 Å². The molecule has 2 fully saturated rings. The van der Waals surface area contributed by atoms with Crippen molar-refractivity contribution in [3.63, 3.8) is 0 Å². The average Bonchev–Trinajstić information content (AvgIpc) is 3.35. The number of rotatable bonds is 3. The molecule has 2 atom stereocenters. The first-order valence-electron chi connectivity index (χ1n) is 10.3. The summed E-state index contributed by atoms with van der Waals surface area (Å²) in [7, 11) is 0. The molecule has 1 spiro atoms. The summed E-state index contributed by atoms with van der Waals surface area (Å²) in [6.45, 7) is 6.51. The molecule has 2 aliphatic heterocycles. The van der Waals surface area contributed by atoms with E-state index in [9.17, 15) is 0 Å². The first-order valence-corrected chi connectivity index (χ1v) is 11.5. The van der Waals surface area contributed by atoms with E-state index in [0.29, 0.717) is 10.8 Å². The maximum atomic E-state index is 6.47. The van der Waals surface area contributed by atoms with Gasteiger partial charge in [-0.15, -0.1) is 10.2 Å². The lowest BCUT2D eigenvalue weighted by Gasteiger charge is -2.41. The quantitative estimate of drug-likeness (QED) is 0.528. The summed E-state index contributed by atoms with van der Waals surface area (Å²) in [4.78, 5) is 12.9. The fourth-order valence-corrected chi connectivity index (χ4v) is 5.74. The lowest BCUT2D eigenvalue weighted by atomic mass is 9.73. The van der Waals surface area contributed by atoms with Crippen LogP contribution in [-0.4, -0.2) is 56.4 Å². The number of hydrogen-bond donors (Lipinski definition) is 2. The Balaban J connectivity index is 0.00000153. The molecule has 0 bridgehead atoms. The van der Waals surface area contributed by atoms with Crippen LogP contribution in [0.3, 0.4) is 0 Å². The zero-order valence-electron chi connectivity index (χ0n) is 18.5. The number of ether oxygens (including phenoxy) is 1. The summed E-state index contributed by atoms with van der Waals surface area (Å²) < 4.78 is 7.80. The number of nitrogens with zero attached hydrogens (tertiary/aromatic N) is 6. The Morgan fingerprint density at radius 3 is 2.67 bits per heavy atom. The van der Waals surface area contributed by atoms with Crippen molar-refractivity contribution in [2.45, 2.75) is 48.6 Å². The third-order valence-electron chi connectivity index (χ3n) is 6.54. The molecule has 3 aromatic rings. The van der Waals surface area contributed by atoms with Gasteiger partial charge in [0.05, 0.1) is 28.3 Å². The van der Waals surface area contributed by atoms with Crippen LogP contribution in [-0.2, 0) is 4.74 Å². The molecule has 3 aromatic heterocycles. The molecule has 13 heteroatoms. The van der Waals surface area contributed by atoms with E-state index >= 15 is 0 Å². The number of nitrogen functional groups attached to an aromatic ring is 1. The van der Waals surface area contributed by atoms with E-state index in [1.165, 1.54) is 11.8 Å². The molecule has 5 rings (SSSR count). The highest BCUT2D eigenvalue weighted by Crippen LogP contribution is 2.43. The normalized spacial score (nSPS) is 21.8. The molecule has 2 aliphatic rings. The summed E-state index contributed by atoms with van der Waals surface area (Å²) in [6, 6.07) is 1.91. The van der Waals surface area contributed by atoms with Gasteiger partial charge in [0.2, 0.25) is 5.95 Å². The molecule has 33 heavy (non-hydrogen) atoms. The van der Waals surface area contributed by atoms with Crippen LogP contribution in [0.15, 0.2) is 28.4 Å². The van der Waals surface area contributed by atoms with Gasteiger partial charge in [-0.1, -0.05) is 23.4 Å². The first-order chi connectivity index (χ1) is 14.9. The Labute approximate surface area is 215 Å². The van der Waals surface area contributed by atoms with E-state index in [0.717, 1.165) is 59.6 Å². The number of piperidine rings is 1. The van der Waals surface area contributed by atoms with Crippen LogP contribution in [0.25, 0.3) is 5.65 Å². The van der Waals surface area contributed by atoms with Gasteiger partial charge in [0.25, 0.3) is 0 Å². The summed E-state index contributed by atoms with van der Waals surface area (Å²) >= 11 is 7.83. The van der Waals surface area contributed by atoms with Gasteiger partial charge >= 0.3 is 0 Å². The van der Waals surface area contributed by atoms with Gasteiger partial charge < -0.3 is 21.1 Å². The van der Waals surface area contributed by atoms with E-state index in [1.54, 1.807) is 12.5 Å². The SMILES string of the molecule is Cc1nc(N2CCC3(CC2)CO[C@@H](C)[C@H]3N)n2cnnc2c1Sc1ccnc(N)c1Cl.S.S. The Hall–Kier alpha value is -1.44. The van der Waals surface area contributed by atoms with Gasteiger partial charge in [0, 0.05) is 35.6 Å². The number of halogens is 1. The Morgan fingerprint density at radius 1 is 1.27 bits per heavy atom. The smallest absolute Gasteiger partial charge is 0.212 e. The van der Waals surface area contributed by atoms with Crippen molar-refractivity contribution in [1.29, 1.82) is 0 Å². The molecule has 2 saturated heterocycles. The maximum Gasteiger partial charge on any atom is 0.212 e. The molecular weight excluding hydrogens is 500 g/mol. The molecule has 0 unspecified atom stereocenters. The molecule has 0 radical (unpaired) electrons. The van der Waals surface area contributed by atoms with E-state index < -0.39 is 0 Å². The maximum absolute atomic E-state index is 6.47. The monoisotopic (exact) mass is 528 g/mol. The van der Waals surface area contributed by atoms with Gasteiger partial charge in [-0.05, 0) is 32.8 Å². The Bertz CT molecular complexity index is 1140. The van der Waals surface area contributed by atoms with E-state index in [1.807, 2.05) is 17.4 Å². The van der Waals surface area contributed by atoms with Crippen LogP contribution in [0, 0.1) is 12.3 Å². The predicted octanol–water partition coefficient (Wildman–Crippen LogP) is 2.77. The highest BCUT2D eigenvalue weighted by Gasteiger charge is 2.47. The van der Waals surface area contributed by atoms with Crippen LogP contribution < -0.4 is 16.4 Å². The fourth-order valence-electron chi connectivity index (χ4n) is 4.55. The van der Waals surface area contributed by atoms with Crippen LogP contribution >= 0.6 is 50.4 Å². The largest absolute Gasteiger partial charge is 0.382 e. The molecule has 5 heterocycles. The van der Waals surface area contributed by atoms with E-state index in [2.05, 4.69) is 27.0 Å². The molecule has 0 aromatic carbocycles. The van der Waals surface area contributed by atoms with Crippen molar-refractivity contribution in [3.8, 4) is 0 Å². The zero-order chi connectivity index (χ0) is 21.8. The molecule has 0 saturated carbocycles. The van der Waals surface area contributed by atoms with Crippen molar-refractivity contribution < 1.29 is 4.74 Å². The number of aryl methyl sites for hydroxylation is 1. The molecule has 0 amide bonds. The number of anilines is 2. The van der Waals surface area contributed by atoms with Gasteiger partial charge in [-0.2, -0.15) is 27.0 Å². The number of fused-ring (bicyclic) bond motifs is 1. The minimum absolute atomic E-state index is 0. The lowest BCUT2D eigenvalue weighted by molar-refractivity contribution is 0.0973. The van der Waals surface area contributed by atoms with Gasteiger partial charge in [-0.3, -0.25) is 0 Å². The second kappa shape index (κ2) is 10.0. The summed E-state index contributed by atoms with van der Waals surface area (Å²) in [6.07, 6.45) is 5.42. The number of pyridine rings is 1. The molecule has 180 valence electrons. The summed E-state index contributed by atoms with van der Waals surface area (Å²) in [5.74, 6) is 1.15. The zero-order valence-corrected chi connectivity index (χ0v) is 22.0. The van der Waals surface area contributed by atoms with Crippen molar-refractivity contribution in [2.75, 3.05) is 30.3 Å². The van der Waals surface area contributed by atoms with Crippen molar-refractivity contribution in [2.24, 2.45) is 11.1 Å². The van der Waals surface area contributed by atoms with Crippen LogP contribution in [0.4, 0.5) is 11.8 Å². The van der Waals surface area contributed by atoms with E-state index in [4.69, 9.17) is 32.8 Å². The molecule has 4 N–H and O–H groups in total. The van der Waals surface area contributed by atoms with Crippen LogP contribution in [0.1, 0.15) is 25.5 Å². The molecule has 0 aliphatic carbocycles. The lowest BCUT2D eigenvalue weighted by Crippen LogP contribution is -2.51. The second-order valence-electron chi connectivity index (χ2n) is 8.35. The molecule has 9 nitrogen and oxygen atoms in total. The van der Waals surface area contributed by atoms with Gasteiger partial charge in [0.1, 0.15) is 12.1 Å².